The summed E-state index contributed by atoms with van der Waals surface area (Å²) >= 11 is 0. The van der Waals surface area contributed by atoms with Crippen LogP contribution in [0.1, 0.15) is 27.2 Å². The molecule has 1 amide bonds. The lowest BCUT2D eigenvalue weighted by atomic mass is 9.91. The Morgan fingerprint density at radius 3 is 2.64 bits per heavy atom. The van der Waals surface area contributed by atoms with E-state index in [1.54, 1.807) is 12.5 Å². The van der Waals surface area contributed by atoms with Crippen molar-refractivity contribution in [3.05, 3.63) is 12.5 Å². The number of carbonyl (C=O) groups excluding carboxylic acids is 1. The van der Waals surface area contributed by atoms with Crippen molar-refractivity contribution in [3.63, 3.8) is 0 Å². The summed E-state index contributed by atoms with van der Waals surface area (Å²) in [6, 6.07) is 0. The first kappa shape index (κ1) is 14.7. The van der Waals surface area contributed by atoms with Gasteiger partial charge in [-0.2, -0.15) is 5.10 Å². The van der Waals surface area contributed by atoms with Gasteiger partial charge in [-0.1, -0.05) is 20.8 Å². The molecular weight excluding hydrogens is 280 g/mol. The van der Waals surface area contributed by atoms with Crippen LogP contribution < -0.4 is 4.90 Å². The minimum atomic E-state index is 0.0316. The molecule has 2 aromatic rings. The molecule has 118 valence electrons. The van der Waals surface area contributed by atoms with Crippen molar-refractivity contribution in [2.45, 2.75) is 27.2 Å². The highest BCUT2D eigenvalue weighted by molar-refractivity contribution is 5.86. The number of hydrogen-bond donors (Lipinski definition) is 1. The van der Waals surface area contributed by atoms with Crippen LogP contribution in [0.4, 0.5) is 5.82 Å². The van der Waals surface area contributed by atoms with E-state index in [1.807, 2.05) is 4.90 Å². The third-order valence-electron chi connectivity index (χ3n) is 3.84. The molecule has 1 N–H and O–H groups in total. The molecule has 0 aliphatic carbocycles. The molecule has 0 radical (unpaired) electrons. The summed E-state index contributed by atoms with van der Waals surface area (Å²) in [5.41, 5.74) is 0.778. The number of carbonyl (C=O) groups is 1. The summed E-state index contributed by atoms with van der Waals surface area (Å²) in [5.74, 6) is 1.13. The lowest BCUT2D eigenvalue weighted by Gasteiger charge is -2.36. The second kappa shape index (κ2) is 5.55. The molecule has 22 heavy (non-hydrogen) atoms. The largest absolute Gasteiger partial charge is 0.352 e. The van der Waals surface area contributed by atoms with Crippen LogP contribution in [0.5, 0.6) is 0 Å². The van der Waals surface area contributed by atoms with Gasteiger partial charge in [-0.05, 0) is 5.41 Å². The Labute approximate surface area is 129 Å². The maximum Gasteiger partial charge on any atom is 0.223 e. The van der Waals surface area contributed by atoms with E-state index in [9.17, 15) is 4.79 Å². The van der Waals surface area contributed by atoms with Gasteiger partial charge in [-0.15, -0.1) is 0 Å². The number of anilines is 1. The van der Waals surface area contributed by atoms with Crippen molar-refractivity contribution in [1.29, 1.82) is 0 Å². The van der Waals surface area contributed by atoms with E-state index in [2.05, 4.69) is 45.8 Å². The van der Waals surface area contributed by atoms with E-state index >= 15 is 0 Å². The summed E-state index contributed by atoms with van der Waals surface area (Å²) in [6.45, 7) is 9.32. The van der Waals surface area contributed by atoms with Crippen molar-refractivity contribution in [2.75, 3.05) is 31.1 Å². The molecule has 0 bridgehead atoms. The maximum absolute atomic E-state index is 12.3. The van der Waals surface area contributed by atoms with Gasteiger partial charge < -0.3 is 9.80 Å². The van der Waals surface area contributed by atoms with Crippen LogP contribution >= 0.6 is 0 Å². The number of H-pyrrole nitrogens is 1. The SMILES string of the molecule is CC(C)(C)CC(=O)N1CCN(c2ncnc3[nH]ncc23)CC1. The molecule has 0 atom stereocenters. The lowest BCUT2D eigenvalue weighted by Crippen LogP contribution is -2.49. The molecule has 7 nitrogen and oxygen atoms in total. The summed E-state index contributed by atoms with van der Waals surface area (Å²) in [7, 11) is 0. The van der Waals surface area contributed by atoms with Gasteiger partial charge in [0.2, 0.25) is 5.91 Å². The minimum Gasteiger partial charge on any atom is -0.352 e. The predicted molar refractivity (Wildman–Crippen MR) is 84.5 cm³/mol. The van der Waals surface area contributed by atoms with Gasteiger partial charge in [-0.3, -0.25) is 9.89 Å². The number of nitrogens with zero attached hydrogens (tertiary/aromatic N) is 5. The van der Waals surface area contributed by atoms with Gasteiger partial charge in [-0.25, -0.2) is 9.97 Å². The van der Waals surface area contributed by atoms with E-state index in [-0.39, 0.29) is 11.3 Å². The molecule has 1 fully saturated rings. The Kier molecular flexibility index (Phi) is 3.72. The van der Waals surface area contributed by atoms with E-state index in [4.69, 9.17) is 0 Å². The third kappa shape index (κ3) is 3.03. The van der Waals surface area contributed by atoms with Crippen LogP contribution in [0.15, 0.2) is 12.5 Å². The molecule has 7 heteroatoms. The first-order valence-corrected chi connectivity index (χ1v) is 7.61. The van der Waals surface area contributed by atoms with Crippen LogP contribution in [-0.2, 0) is 4.79 Å². The van der Waals surface area contributed by atoms with Crippen molar-refractivity contribution in [2.24, 2.45) is 5.41 Å². The molecule has 1 aliphatic rings. The monoisotopic (exact) mass is 302 g/mol. The number of hydrogen-bond acceptors (Lipinski definition) is 5. The second-order valence-corrected chi connectivity index (χ2v) is 6.93. The van der Waals surface area contributed by atoms with Gasteiger partial charge >= 0.3 is 0 Å². The van der Waals surface area contributed by atoms with Crippen LogP contribution in [0.25, 0.3) is 11.0 Å². The van der Waals surface area contributed by atoms with E-state index < -0.39 is 0 Å². The zero-order valence-corrected chi connectivity index (χ0v) is 13.3. The summed E-state index contributed by atoms with van der Waals surface area (Å²) in [4.78, 5) is 25.0. The van der Waals surface area contributed by atoms with Gasteiger partial charge in [0.15, 0.2) is 5.65 Å². The number of amides is 1. The fourth-order valence-electron chi connectivity index (χ4n) is 2.74. The average Bonchev–Trinajstić information content (AvgIpc) is 2.94. The van der Waals surface area contributed by atoms with Gasteiger partial charge in [0, 0.05) is 32.6 Å². The highest BCUT2D eigenvalue weighted by atomic mass is 16.2. The molecule has 0 saturated carbocycles. The Morgan fingerprint density at radius 2 is 1.95 bits per heavy atom. The van der Waals surface area contributed by atoms with Crippen molar-refractivity contribution in [3.8, 4) is 0 Å². The third-order valence-corrected chi connectivity index (χ3v) is 3.84. The maximum atomic E-state index is 12.3. The lowest BCUT2D eigenvalue weighted by molar-refractivity contribution is -0.133. The van der Waals surface area contributed by atoms with Gasteiger partial charge in [0.1, 0.15) is 12.1 Å². The highest BCUT2D eigenvalue weighted by Crippen LogP contribution is 2.24. The molecule has 2 aromatic heterocycles. The minimum absolute atomic E-state index is 0.0316. The zero-order valence-electron chi connectivity index (χ0n) is 13.3. The first-order valence-electron chi connectivity index (χ1n) is 7.61. The smallest absolute Gasteiger partial charge is 0.223 e. The summed E-state index contributed by atoms with van der Waals surface area (Å²) < 4.78 is 0. The Bertz CT molecular complexity index is 666. The van der Waals surface area contributed by atoms with Crippen LogP contribution in [0.3, 0.4) is 0 Å². The normalized spacial score (nSPS) is 16.3. The number of rotatable bonds is 2. The fourth-order valence-corrected chi connectivity index (χ4v) is 2.74. The highest BCUT2D eigenvalue weighted by Gasteiger charge is 2.26. The molecular formula is C15H22N6O. The molecule has 0 aromatic carbocycles. The molecule has 1 saturated heterocycles. The fraction of sp³-hybridized carbons (Fsp3) is 0.600. The quantitative estimate of drug-likeness (QED) is 0.908. The predicted octanol–water partition coefficient (Wildman–Crippen LogP) is 1.44. The van der Waals surface area contributed by atoms with Crippen molar-refractivity contribution in [1.82, 2.24) is 25.1 Å². The van der Waals surface area contributed by atoms with Crippen LogP contribution in [0.2, 0.25) is 0 Å². The topological polar surface area (TPSA) is 78.0 Å². The second-order valence-electron chi connectivity index (χ2n) is 6.93. The molecule has 0 spiro atoms. The molecule has 3 heterocycles. The number of aromatic nitrogens is 4. The number of piperazine rings is 1. The molecule has 0 unspecified atom stereocenters. The number of nitrogens with one attached hydrogen (secondary N) is 1. The van der Waals surface area contributed by atoms with E-state index in [0.29, 0.717) is 6.42 Å². The van der Waals surface area contributed by atoms with E-state index in [0.717, 1.165) is 43.0 Å². The van der Waals surface area contributed by atoms with Crippen molar-refractivity contribution < 1.29 is 4.79 Å². The molecule has 1 aliphatic heterocycles. The van der Waals surface area contributed by atoms with Crippen LogP contribution in [0, 0.1) is 5.41 Å². The standard InChI is InChI=1S/C15H22N6O/c1-15(2,3)8-12(22)20-4-6-21(7-5-20)14-11-9-18-19-13(11)16-10-17-14/h9-10H,4-8H2,1-3H3,(H,16,17,18,19). The van der Waals surface area contributed by atoms with Crippen LogP contribution in [-0.4, -0.2) is 57.2 Å². The van der Waals surface area contributed by atoms with E-state index in [1.165, 1.54) is 0 Å². The number of aromatic amines is 1. The first-order chi connectivity index (χ1) is 10.4. The van der Waals surface area contributed by atoms with Gasteiger partial charge in [0.25, 0.3) is 0 Å². The summed E-state index contributed by atoms with van der Waals surface area (Å²) in [6.07, 6.45) is 3.89. The number of fused-ring (bicyclic) bond motifs is 1. The molecule has 3 rings (SSSR count). The van der Waals surface area contributed by atoms with Gasteiger partial charge in [0.05, 0.1) is 11.6 Å². The average molecular weight is 302 g/mol. The zero-order chi connectivity index (χ0) is 15.7. The van der Waals surface area contributed by atoms with Crippen molar-refractivity contribution >= 4 is 22.8 Å². The Balaban J connectivity index is 1.67. The Morgan fingerprint density at radius 1 is 1.23 bits per heavy atom. The Hall–Kier alpha value is -2.18. The summed E-state index contributed by atoms with van der Waals surface area (Å²) in [5, 5.41) is 7.81.